The van der Waals surface area contributed by atoms with Crippen LogP contribution in [0.25, 0.3) is 0 Å². The van der Waals surface area contributed by atoms with Crippen LogP contribution in [0.15, 0.2) is 12.2 Å². The summed E-state index contributed by atoms with van der Waals surface area (Å²) in [5, 5.41) is 0. The quantitative estimate of drug-likeness (QED) is 0.370. The zero-order chi connectivity index (χ0) is 5.70. The van der Waals surface area contributed by atoms with Crippen molar-refractivity contribution in [1.29, 1.82) is 0 Å². The molecule has 0 aliphatic carbocycles. The van der Waals surface area contributed by atoms with Crippen molar-refractivity contribution in [2.24, 2.45) is 0 Å². The molecule has 0 radical (unpaired) electrons. The van der Waals surface area contributed by atoms with E-state index < -0.39 is 0 Å². The second-order valence-corrected chi connectivity index (χ2v) is 1.12. The Labute approximate surface area is 42.5 Å². The first-order valence-electron chi connectivity index (χ1n) is 1.76. The van der Waals surface area contributed by atoms with Crippen LogP contribution in [0, 0.1) is 13.3 Å². The number of hydrogen-bond acceptors (Lipinski definition) is 1. The maximum absolute atomic E-state index is 9.29. The molecule has 0 saturated heterocycles. The van der Waals surface area contributed by atoms with Crippen molar-refractivity contribution in [3.05, 3.63) is 19.1 Å². The van der Waals surface area contributed by atoms with Gasteiger partial charge < -0.3 is 0 Å². The third-order valence-corrected chi connectivity index (χ3v) is 0.335. The summed E-state index contributed by atoms with van der Waals surface area (Å²) >= 11 is 0. The van der Waals surface area contributed by atoms with Crippen LogP contribution in [0.5, 0.6) is 0 Å². The molecule has 2 nitrogen and oxygen atoms in total. The Balaban J connectivity index is 3.02. The SMILES string of the molecule is C=C([CH2-])COC#[O+]. The Bertz CT molecular complexity index is 99.1. The van der Waals surface area contributed by atoms with Gasteiger partial charge in [0.2, 0.25) is 0 Å². The van der Waals surface area contributed by atoms with E-state index in [0.29, 0.717) is 5.57 Å². The first-order chi connectivity index (χ1) is 3.27. The van der Waals surface area contributed by atoms with Crippen molar-refractivity contribution in [2.45, 2.75) is 0 Å². The summed E-state index contributed by atoms with van der Waals surface area (Å²) in [5.74, 6) is 0. The third-order valence-electron chi connectivity index (χ3n) is 0.335. The fraction of sp³-hybridized carbons (Fsp3) is 0.200. The van der Waals surface area contributed by atoms with E-state index in [4.69, 9.17) is 0 Å². The molecule has 0 aliphatic heterocycles. The second kappa shape index (κ2) is 3.34. The summed E-state index contributed by atoms with van der Waals surface area (Å²) in [6.45, 7) is 6.93. The normalized spacial score (nSPS) is 6.71. The molecule has 0 spiro atoms. The topological polar surface area (TPSA) is 29.1 Å². The van der Waals surface area contributed by atoms with Crippen LogP contribution in [-0.2, 0) is 9.39 Å². The standard InChI is InChI=1S/C5H6O2/c1-5(2)3-7-4-6/h1-3H2. The Kier molecular flexibility index (Phi) is 2.94. The van der Waals surface area contributed by atoms with E-state index in [1.807, 2.05) is 0 Å². The third kappa shape index (κ3) is 5.15. The fourth-order valence-corrected chi connectivity index (χ4v) is 0.132. The number of ether oxygens (including phenoxy) is 1. The minimum absolute atomic E-state index is 0.170. The van der Waals surface area contributed by atoms with Crippen molar-refractivity contribution in [3.63, 3.8) is 0 Å². The first kappa shape index (κ1) is 6.15. The van der Waals surface area contributed by atoms with E-state index in [9.17, 15) is 4.65 Å². The van der Waals surface area contributed by atoms with E-state index in [-0.39, 0.29) is 6.61 Å². The number of rotatable bonds is 2. The Morgan fingerprint density at radius 1 is 2.00 bits per heavy atom. The molecule has 0 aliphatic rings. The van der Waals surface area contributed by atoms with Gasteiger partial charge in [-0.1, -0.05) is 0 Å². The second-order valence-electron chi connectivity index (χ2n) is 1.12. The van der Waals surface area contributed by atoms with Crippen molar-refractivity contribution in [2.75, 3.05) is 6.61 Å². The van der Waals surface area contributed by atoms with E-state index in [1.165, 1.54) is 6.33 Å². The van der Waals surface area contributed by atoms with E-state index in [2.05, 4.69) is 18.2 Å². The van der Waals surface area contributed by atoms with Gasteiger partial charge >= 0.3 is 41.4 Å². The van der Waals surface area contributed by atoms with Crippen LogP contribution < -0.4 is 0 Å². The van der Waals surface area contributed by atoms with Gasteiger partial charge in [0, 0.05) is 0 Å². The monoisotopic (exact) mass is 98.0 g/mol. The molecule has 0 heterocycles. The molecule has 0 atom stereocenters. The molecule has 38 valence electrons. The molecule has 0 aromatic heterocycles. The van der Waals surface area contributed by atoms with Gasteiger partial charge in [-0.2, -0.15) is 0 Å². The Morgan fingerprint density at radius 3 is 2.71 bits per heavy atom. The van der Waals surface area contributed by atoms with Crippen molar-refractivity contribution in [1.82, 2.24) is 0 Å². The molecule has 0 unspecified atom stereocenters. The Morgan fingerprint density at radius 2 is 2.57 bits per heavy atom. The zero-order valence-corrected chi connectivity index (χ0v) is 3.94. The van der Waals surface area contributed by atoms with Gasteiger partial charge in [0.1, 0.15) is 0 Å². The molecule has 7 heavy (non-hydrogen) atoms. The molecule has 0 aromatic carbocycles. The van der Waals surface area contributed by atoms with Gasteiger partial charge in [-0.05, 0) is 0 Å². The predicted molar refractivity (Wildman–Crippen MR) is 25.0 cm³/mol. The molecular formula is C5H6O2. The zero-order valence-electron chi connectivity index (χ0n) is 3.94. The van der Waals surface area contributed by atoms with Gasteiger partial charge in [0.25, 0.3) is 0 Å². The van der Waals surface area contributed by atoms with Crippen molar-refractivity contribution >= 4 is 0 Å². The summed E-state index contributed by atoms with van der Waals surface area (Å²) in [4.78, 5) is 0. The molecule has 2 heteroatoms. The molecule has 0 aromatic rings. The molecule has 0 rings (SSSR count). The van der Waals surface area contributed by atoms with Crippen molar-refractivity contribution in [3.8, 4) is 6.33 Å². The summed E-state index contributed by atoms with van der Waals surface area (Å²) in [5.41, 5.74) is 0.573. The maximum atomic E-state index is 9.29. The van der Waals surface area contributed by atoms with Crippen LogP contribution in [0.3, 0.4) is 0 Å². The van der Waals surface area contributed by atoms with Crippen LogP contribution >= 0.6 is 0 Å². The van der Waals surface area contributed by atoms with Crippen LogP contribution in [0.2, 0.25) is 0 Å². The molecular weight excluding hydrogens is 92.1 g/mol. The average Bonchev–Trinajstić information content (AvgIpc) is 1.61. The van der Waals surface area contributed by atoms with E-state index in [1.54, 1.807) is 0 Å². The minimum atomic E-state index is 0.170. The van der Waals surface area contributed by atoms with Crippen LogP contribution in [0.4, 0.5) is 0 Å². The molecule has 0 N–H and O–H groups in total. The van der Waals surface area contributed by atoms with Crippen molar-refractivity contribution < 1.29 is 9.39 Å². The van der Waals surface area contributed by atoms with E-state index >= 15 is 0 Å². The fourth-order valence-electron chi connectivity index (χ4n) is 0.132. The van der Waals surface area contributed by atoms with Gasteiger partial charge in [-0.25, -0.2) is 0 Å². The molecule has 0 fully saturated rings. The van der Waals surface area contributed by atoms with E-state index in [0.717, 1.165) is 0 Å². The Hall–Kier alpha value is -0.850. The molecule has 0 amide bonds. The molecule has 0 saturated carbocycles. The predicted octanol–water partition coefficient (Wildman–Crippen LogP) is 0.740. The van der Waals surface area contributed by atoms with Crippen LogP contribution in [-0.4, -0.2) is 6.61 Å². The summed E-state index contributed by atoms with van der Waals surface area (Å²) < 4.78 is 13.4. The average molecular weight is 98.1 g/mol. The number of hydrogen-bond donors (Lipinski definition) is 0. The summed E-state index contributed by atoms with van der Waals surface area (Å²) in [7, 11) is 0. The summed E-state index contributed by atoms with van der Waals surface area (Å²) in [6, 6.07) is 0. The van der Waals surface area contributed by atoms with Gasteiger partial charge in [-0.3, -0.25) is 0 Å². The van der Waals surface area contributed by atoms with Gasteiger partial charge in [0.15, 0.2) is 0 Å². The first-order valence-corrected chi connectivity index (χ1v) is 1.76. The summed E-state index contributed by atoms with van der Waals surface area (Å²) in [6.07, 6.45) is 1.25. The molecule has 0 bridgehead atoms. The van der Waals surface area contributed by atoms with Gasteiger partial charge in [0.05, 0.1) is 0 Å². The van der Waals surface area contributed by atoms with Crippen LogP contribution in [0.1, 0.15) is 0 Å². The van der Waals surface area contributed by atoms with Gasteiger partial charge in [-0.15, -0.1) is 0 Å².